The lowest BCUT2D eigenvalue weighted by molar-refractivity contribution is 0.0843. The van der Waals surface area contributed by atoms with E-state index in [1.807, 2.05) is 11.4 Å². The van der Waals surface area contributed by atoms with E-state index in [1.54, 1.807) is 13.2 Å². The second-order valence-electron chi connectivity index (χ2n) is 5.94. The molecule has 1 aliphatic heterocycles. The van der Waals surface area contributed by atoms with Crippen molar-refractivity contribution in [2.45, 2.75) is 19.1 Å². The van der Waals surface area contributed by atoms with Gasteiger partial charge in [-0.05, 0) is 29.0 Å². The number of ether oxygens (including phenoxy) is 1. The second kappa shape index (κ2) is 7.79. The van der Waals surface area contributed by atoms with Crippen molar-refractivity contribution in [3.8, 4) is 5.75 Å². The van der Waals surface area contributed by atoms with E-state index in [9.17, 15) is 9.90 Å². The van der Waals surface area contributed by atoms with Gasteiger partial charge < -0.3 is 15.2 Å². The Kier molecular flexibility index (Phi) is 5.50. The second-order valence-corrected chi connectivity index (χ2v) is 6.85. The van der Waals surface area contributed by atoms with Crippen molar-refractivity contribution in [3.63, 3.8) is 0 Å². The summed E-state index contributed by atoms with van der Waals surface area (Å²) in [4.78, 5) is 14.9. The highest BCUT2D eigenvalue weighted by molar-refractivity contribution is 7.12. The molecule has 0 saturated heterocycles. The molecule has 6 heteroatoms. The Bertz CT molecular complexity index is 701. The molecule has 2 aromatic rings. The summed E-state index contributed by atoms with van der Waals surface area (Å²) in [6.07, 6.45) is 0.409. The minimum absolute atomic E-state index is 0.204. The van der Waals surface area contributed by atoms with Crippen LogP contribution in [-0.4, -0.2) is 48.8 Å². The topological polar surface area (TPSA) is 61.8 Å². The number of benzene rings is 1. The van der Waals surface area contributed by atoms with Crippen LogP contribution >= 0.6 is 11.3 Å². The third-order valence-electron chi connectivity index (χ3n) is 4.23. The first-order valence-corrected chi connectivity index (χ1v) is 8.92. The summed E-state index contributed by atoms with van der Waals surface area (Å²) in [7, 11) is 1.54. The molecule has 3 rings (SSSR count). The molecule has 1 aromatic carbocycles. The summed E-state index contributed by atoms with van der Waals surface area (Å²) in [5, 5.41) is 14.8. The predicted molar refractivity (Wildman–Crippen MR) is 94.6 cm³/mol. The highest BCUT2D eigenvalue weighted by Gasteiger charge is 2.20. The van der Waals surface area contributed by atoms with Gasteiger partial charge in [-0.15, -0.1) is 11.3 Å². The Hall–Kier alpha value is -1.89. The molecule has 2 N–H and O–H groups in total. The number of amides is 1. The number of thiophene rings is 1. The van der Waals surface area contributed by atoms with Crippen molar-refractivity contribution in [3.05, 3.63) is 51.7 Å². The van der Waals surface area contributed by atoms with Gasteiger partial charge in [0.15, 0.2) is 0 Å². The molecule has 1 unspecified atom stereocenters. The van der Waals surface area contributed by atoms with Crippen LogP contribution < -0.4 is 10.1 Å². The Morgan fingerprint density at radius 2 is 2.17 bits per heavy atom. The van der Waals surface area contributed by atoms with Gasteiger partial charge in [0.05, 0.1) is 13.2 Å². The number of nitrogens with zero attached hydrogens (tertiary/aromatic N) is 1. The normalized spacial score (nSPS) is 15.6. The molecule has 1 aromatic heterocycles. The summed E-state index contributed by atoms with van der Waals surface area (Å²) in [5.74, 6) is 0.365. The zero-order valence-electron chi connectivity index (χ0n) is 13.7. The van der Waals surface area contributed by atoms with Crippen LogP contribution in [0.25, 0.3) is 0 Å². The van der Waals surface area contributed by atoms with E-state index in [0.29, 0.717) is 17.2 Å². The first kappa shape index (κ1) is 17.0. The quantitative estimate of drug-likeness (QED) is 0.839. The molecule has 0 spiro atoms. The number of hydrogen-bond donors (Lipinski definition) is 2. The fourth-order valence-electron chi connectivity index (χ4n) is 2.99. The fraction of sp³-hybridized carbons (Fsp3) is 0.389. The zero-order valence-corrected chi connectivity index (χ0v) is 14.5. The van der Waals surface area contributed by atoms with E-state index >= 15 is 0 Å². The van der Waals surface area contributed by atoms with Crippen molar-refractivity contribution in [2.24, 2.45) is 0 Å². The summed E-state index contributed by atoms with van der Waals surface area (Å²) < 4.78 is 5.15. The third kappa shape index (κ3) is 3.95. The molecule has 1 aliphatic rings. The summed E-state index contributed by atoms with van der Waals surface area (Å²) in [5.41, 5.74) is 2.71. The molecular formula is C18H22N2O3S. The predicted octanol–water partition coefficient (Wildman–Crippen LogP) is 1.91. The van der Waals surface area contributed by atoms with E-state index in [0.717, 1.165) is 19.5 Å². The van der Waals surface area contributed by atoms with E-state index < -0.39 is 6.10 Å². The maximum atomic E-state index is 12.1. The van der Waals surface area contributed by atoms with Crippen LogP contribution in [0.5, 0.6) is 5.75 Å². The molecule has 5 nitrogen and oxygen atoms in total. The number of aliphatic hydroxyl groups excluding tert-OH is 1. The van der Waals surface area contributed by atoms with Crippen LogP contribution in [0.2, 0.25) is 0 Å². The van der Waals surface area contributed by atoms with Crippen molar-refractivity contribution in [1.29, 1.82) is 0 Å². The van der Waals surface area contributed by atoms with E-state index in [-0.39, 0.29) is 12.5 Å². The average Bonchev–Trinajstić information content (AvgIpc) is 3.08. The van der Waals surface area contributed by atoms with Gasteiger partial charge in [0.25, 0.3) is 5.91 Å². The van der Waals surface area contributed by atoms with Gasteiger partial charge in [-0.3, -0.25) is 9.69 Å². The largest absolute Gasteiger partial charge is 0.495 e. The Morgan fingerprint density at radius 1 is 1.38 bits per heavy atom. The van der Waals surface area contributed by atoms with Crippen molar-refractivity contribution in [1.82, 2.24) is 10.2 Å². The Morgan fingerprint density at radius 3 is 2.96 bits per heavy atom. The molecule has 0 fully saturated rings. The number of fused-ring (bicyclic) bond motifs is 1. The highest BCUT2D eigenvalue weighted by Crippen LogP contribution is 2.24. The van der Waals surface area contributed by atoms with Gasteiger partial charge in [0.2, 0.25) is 0 Å². The van der Waals surface area contributed by atoms with Gasteiger partial charge >= 0.3 is 0 Å². The lowest BCUT2D eigenvalue weighted by Gasteiger charge is -2.30. The first-order chi connectivity index (χ1) is 11.7. The van der Waals surface area contributed by atoms with Crippen molar-refractivity contribution in [2.75, 3.05) is 26.7 Å². The molecule has 24 heavy (non-hydrogen) atoms. The molecule has 1 amide bonds. The summed E-state index contributed by atoms with van der Waals surface area (Å²) >= 11 is 1.33. The lowest BCUT2D eigenvalue weighted by atomic mass is 10.00. The van der Waals surface area contributed by atoms with E-state index in [4.69, 9.17) is 4.74 Å². The maximum Gasteiger partial charge on any atom is 0.265 e. The molecule has 0 bridgehead atoms. The molecule has 2 heterocycles. The lowest BCUT2D eigenvalue weighted by Crippen LogP contribution is -2.41. The average molecular weight is 346 g/mol. The SMILES string of the molecule is COc1ccsc1C(=O)NCC(O)CN1CCc2ccccc2C1. The molecule has 0 radical (unpaired) electrons. The van der Waals surface area contributed by atoms with Gasteiger partial charge in [0.1, 0.15) is 10.6 Å². The molecule has 0 saturated carbocycles. The molecular weight excluding hydrogens is 324 g/mol. The highest BCUT2D eigenvalue weighted by atomic mass is 32.1. The molecule has 1 atom stereocenters. The third-order valence-corrected chi connectivity index (χ3v) is 5.13. The van der Waals surface area contributed by atoms with Gasteiger partial charge in [-0.1, -0.05) is 24.3 Å². The number of carbonyl (C=O) groups excluding carboxylic acids is 1. The number of rotatable bonds is 6. The summed E-state index contributed by atoms with van der Waals surface area (Å²) in [6, 6.07) is 10.2. The number of methoxy groups -OCH3 is 1. The van der Waals surface area contributed by atoms with Crippen LogP contribution in [0.4, 0.5) is 0 Å². The smallest absolute Gasteiger partial charge is 0.265 e. The van der Waals surface area contributed by atoms with Crippen molar-refractivity contribution < 1.29 is 14.6 Å². The number of carbonyl (C=O) groups is 1. The van der Waals surface area contributed by atoms with Gasteiger partial charge in [-0.2, -0.15) is 0 Å². The van der Waals surface area contributed by atoms with Crippen LogP contribution in [0, 0.1) is 0 Å². The molecule has 128 valence electrons. The minimum atomic E-state index is -0.592. The fourth-order valence-corrected chi connectivity index (χ4v) is 3.76. The zero-order chi connectivity index (χ0) is 16.9. The van der Waals surface area contributed by atoms with Crippen LogP contribution in [0.3, 0.4) is 0 Å². The first-order valence-electron chi connectivity index (χ1n) is 8.04. The number of nitrogens with one attached hydrogen (secondary N) is 1. The minimum Gasteiger partial charge on any atom is -0.495 e. The standard InChI is InChI=1S/C18H22N2O3S/c1-23-16-7-9-24-17(16)18(22)19-10-15(21)12-20-8-6-13-4-2-3-5-14(13)11-20/h2-5,7,9,15,21H,6,8,10-12H2,1H3,(H,19,22). The summed E-state index contributed by atoms with van der Waals surface area (Å²) in [6.45, 7) is 2.56. The number of β-amino-alcohol motifs (C(OH)–C–C–N with tert-alkyl or cyclic N) is 1. The maximum absolute atomic E-state index is 12.1. The molecule has 0 aliphatic carbocycles. The van der Waals surface area contributed by atoms with Crippen molar-refractivity contribution >= 4 is 17.2 Å². The monoisotopic (exact) mass is 346 g/mol. The van der Waals surface area contributed by atoms with E-state index in [2.05, 4.69) is 28.4 Å². The van der Waals surface area contributed by atoms with Gasteiger partial charge in [-0.25, -0.2) is 0 Å². The van der Waals surface area contributed by atoms with Gasteiger partial charge in [0, 0.05) is 26.2 Å². The Balaban J connectivity index is 1.48. The number of aliphatic hydroxyl groups is 1. The van der Waals surface area contributed by atoms with E-state index in [1.165, 1.54) is 22.5 Å². The van der Waals surface area contributed by atoms with Crippen LogP contribution in [-0.2, 0) is 13.0 Å². The Labute approximate surface area is 145 Å². The number of hydrogen-bond acceptors (Lipinski definition) is 5. The van der Waals surface area contributed by atoms with Crippen LogP contribution in [0.15, 0.2) is 35.7 Å². The van der Waals surface area contributed by atoms with Crippen LogP contribution in [0.1, 0.15) is 20.8 Å².